The van der Waals surface area contributed by atoms with E-state index < -0.39 is 47.3 Å². The van der Waals surface area contributed by atoms with Gasteiger partial charge in [-0.15, -0.1) is 0 Å². The zero-order valence-electron chi connectivity index (χ0n) is 14.3. The van der Waals surface area contributed by atoms with Crippen LogP contribution < -0.4 is 5.32 Å². The summed E-state index contributed by atoms with van der Waals surface area (Å²) in [7, 11) is 0. The van der Waals surface area contributed by atoms with Crippen molar-refractivity contribution in [2.75, 3.05) is 0 Å². The number of carbonyl (C=O) groups is 1. The molecule has 0 radical (unpaired) electrons. The minimum atomic E-state index is -3.16. The van der Waals surface area contributed by atoms with Crippen LogP contribution in [-0.4, -0.2) is 25.5 Å². The molecule has 0 saturated heterocycles. The fourth-order valence-corrected chi connectivity index (χ4v) is 2.67. The van der Waals surface area contributed by atoms with Gasteiger partial charge in [-0.3, -0.25) is 9.48 Å². The second kappa shape index (κ2) is 8.07. The molecule has 0 aliphatic rings. The highest BCUT2D eigenvalue weighted by Gasteiger charge is 2.32. The summed E-state index contributed by atoms with van der Waals surface area (Å²) in [4.78, 5) is 12.4. The molecule has 0 spiro atoms. The van der Waals surface area contributed by atoms with Gasteiger partial charge in [0.2, 0.25) is 5.91 Å². The number of aryl methyl sites for hydroxylation is 1. The molecule has 0 aliphatic carbocycles. The Morgan fingerprint density at radius 1 is 1.23 bits per heavy atom. The molecule has 2 aromatic rings. The average Bonchev–Trinajstić information content (AvgIpc) is 3.18. The number of nitrogens with zero attached hydrogens (tertiary/aromatic N) is 4. The van der Waals surface area contributed by atoms with E-state index in [-0.39, 0.29) is 0 Å². The molecule has 1 amide bonds. The summed E-state index contributed by atoms with van der Waals surface area (Å²) in [5.41, 5.74) is -1.31. The Morgan fingerprint density at radius 2 is 1.88 bits per heavy atom. The van der Waals surface area contributed by atoms with Crippen LogP contribution in [0.5, 0.6) is 0 Å². The second-order valence-corrected chi connectivity index (χ2v) is 6.01. The number of amides is 1. The number of nitrogens with one attached hydrogen (secondary N) is 1. The van der Waals surface area contributed by atoms with Gasteiger partial charge in [0.25, 0.3) is 12.9 Å². The van der Waals surface area contributed by atoms with E-state index in [9.17, 15) is 22.4 Å². The van der Waals surface area contributed by atoms with Crippen LogP contribution in [0.25, 0.3) is 0 Å². The van der Waals surface area contributed by atoms with Crippen molar-refractivity contribution >= 4 is 17.5 Å². The second-order valence-electron chi connectivity index (χ2n) is 5.63. The van der Waals surface area contributed by atoms with Gasteiger partial charge in [0, 0.05) is 12.7 Å². The third-order valence-corrected chi connectivity index (χ3v) is 4.25. The minimum absolute atomic E-state index is 0.506. The monoisotopic (exact) mass is 395 g/mol. The first kappa shape index (κ1) is 20.2. The molecule has 0 saturated carbocycles. The first-order chi connectivity index (χ1) is 12.2. The molecule has 2 aromatic heterocycles. The van der Waals surface area contributed by atoms with Gasteiger partial charge in [-0.05, 0) is 26.8 Å². The van der Waals surface area contributed by atoms with Crippen LogP contribution in [0.3, 0.4) is 0 Å². The van der Waals surface area contributed by atoms with E-state index in [1.807, 2.05) is 6.92 Å². The molecule has 11 heteroatoms. The predicted octanol–water partition coefficient (Wildman–Crippen LogP) is 4.07. The number of alkyl halides is 4. The number of rotatable bonds is 7. The van der Waals surface area contributed by atoms with Gasteiger partial charge >= 0.3 is 0 Å². The lowest BCUT2D eigenvalue weighted by molar-refractivity contribution is -0.125. The predicted molar refractivity (Wildman–Crippen MR) is 86.3 cm³/mol. The van der Waals surface area contributed by atoms with E-state index in [1.165, 1.54) is 6.92 Å². The Hall–Kier alpha value is -2.10. The van der Waals surface area contributed by atoms with Crippen LogP contribution in [-0.2, 0) is 11.3 Å². The number of hydrogen-bond donors (Lipinski definition) is 1. The highest BCUT2D eigenvalue weighted by Crippen LogP contribution is 2.36. The molecule has 0 aliphatic heterocycles. The van der Waals surface area contributed by atoms with Gasteiger partial charge in [0.1, 0.15) is 17.4 Å². The molecular weight excluding hydrogens is 378 g/mol. The van der Waals surface area contributed by atoms with Gasteiger partial charge in [0.15, 0.2) is 0 Å². The topological polar surface area (TPSA) is 64.7 Å². The Bertz CT molecular complexity index is 776. The van der Waals surface area contributed by atoms with Gasteiger partial charge in [-0.1, -0.05) is 11.6 Å². The lowest BCUT2D eigenvalue weighted by Crippen LogP contribution is -2.34. The van der Waals surface area contributed by atoms with Crippen molar-refractivity contribution in [3.05, 3.63) is 34.4 Å². The van der Waals surface area contributed by atoms with E-state index in [2.05, 4.69) is 15.5 Å². The molecule has 26 heavy (non-hydrogen) atoms. The van der Waals surface area contributed by atoms with Gasteiger partial charge in [-0.2, -0.15) is 10.2 Å². The highest BCUT2D eigenvalue weighted by molar-refractivity contribution is 6.32. The van der Waals surface area contributed by atoms with Crippen molar-refractivity contribution in [3.8, 4) is 0 Å². The SMILES string of the molecule is CCn1ccc(C(C)NC(=O)C(C)n2nc(C(F)F)c(Cl)c2C(F)F)n1. The quantitative estimate of drug-likeness (QED) is 0.719. The van der Waals surface area contributed by atoms with Crippen molar-refractivity contribution in [2.24, 2.45) is 0 Å². The number of halogens is 5. The molecule has 2 atom stereocenters. The molecule has 6 nitrogen and oxygen atoms in total. The number of aromatic nitrogens is 4. The Kier molecular flexibility index (Phi) is 6.27. The van der Waals surface area contributed by atoms with Crippen LogP contribution in [0, 0.1) is 0 Å². The van der Waals surface area contributed by atoms with Crippen molar-refractivity contribution in [1.82, 2.24) is 24.9 Å². The van der Waals surface area contributed by atoms with E-state index in [4.69, 9.17) is 11.6 Å². The Labute approximate surface area is 152 Å². The number of carbonyl (C=O) groups excluding carboxylic acids is 1. The molecule has 2 unspecified atom stereocenters. The van der Waals surface area contributed by atoms with Gasteiger partial charge in [0.05, 0.1) is 16.8 Å². The summed E-state index contributed by atoms with van der Waals surface area (Å²) in [6, 6.07) is -0.0586. The van der Waals surface area contributed by atoms with Crippen LogP contribution >= 0.6 is 11.6 Å². The molecule has 2 heterocycles. The smallest absolute Gasteiger partial charge is 0.283 e. The molecule has 144 valence electrons. The molecule has 1 N–H and O–H groups in total. The van der Waals surface area contributed by atoms with Gasteiger partial charge < -0.3 is 5.32 Å². The van der Waals surface area contributed by atoms with E-state index in [0.29, 0.717) is 16.9 Å². The summed E-state index contributed by atoms with van der Waals surface area (Å²) in [6.45, 7) is 5.49. The lowest BCUT2D eigenvalue weighted by atomic mass is 10.2. The van der Waals surface area contributed by atoms with Gasteiger partial charge in [-0.25, -0.2) is 22.2 Å². The van der Waals surface area contributed by atoms with Crippen molar-refractivity contribution in [2.45, 2.75) is 52.3 Å². The normalized spacial score (nSPS) is 14.1. The first-order valence-electron chi connectivity index (χ1n) is 7.85. The third-order valence-electron chi connectivity index (χ3n) is 3.86. The Balaban J connectivity index is 2.23. The zero-order valence-corrected chi connectivity index (χ0v) is 15.0. The maximum atomic E-state index is 13.2. The minimum Gasteiger partial charge on any atom is -0.346 e. The third kappa shape index (κ3) is 4.00. The van der Waals surface area contributed by atoms with Crippen LogP contribution in [0.1, 0.15) is 62.8 Å². The maximum absolute atomic E-state index is 13.2. The largest absolute Gasteiger partial charge is 0.346 e. The van der Waals surface area contributed by atoms with Crippen molar-refractivity contribution in [1.29, 1.82) is 0 Å². The molecule has 0 fully saturated rings. The fourth-order valence-electron chi connectivity index (χ4n) is 2.38. The van der Waals surface area contributed by atoms with E-state index in [1.54, 1.807) is 23.9 Å². The standard InChI is InChI=1S/C15H18ClF4N5O/c1-4-24-6-5-9(22-24)7(2)21-15(26)8(3)25-12(14(19)20)10(16)11(23-25)13(17)18/h5-8,13-14H,4H2,1-3H3,(H,21,26). The maximum Gasteiger partial charge on any atom is 0.283 e. The molecular formula is C15H18ClF4N5O. The molecule has 0 aromatic carbocycles. The van der Waals surface area contributed by atoms with Crippen molar-refractivity contribution < 1.29 is 22.4 Å². The lowest BCUT2D eigenvalue weighted by Gasteiger charge is -2.18. The first-order valence-corrected chi connectivity index (χ1v) is 8.22. The Morgan fingerprint density at radius 3 is 2.38 bits per heavy atom. The summed E-state index contributed by atoms with van der Waals surface area (Å²) in [5.74, 6) is -0.676. The van der Waals surface area contributed by atoms with Crippen LogP contribution in [0.4, 0.5) is 17.6 Å². The van der Waals surface area contributed by atoms with Crippen LogP contribution in [0.2, 0.25) is 5.02 Å². The molecule has 0 bridgehead atoms. The fraction of sp³-hybridized carbons (Fsp3) is 0.533. The zero-order chi connectivity index (χ0) is 19.6. The summed E-state index contributed by atoms with van der Waals surface area (Å²) < 4.78 is 54.5. The van der Waals surface area contributed by atoms with Crippen LogP contribution in [0.15, 0.2) is 12.3 Å². The van der Waals surface area contributed by atoms with Crippen molar-refractivity contribution in [3.63, 3.8) is 0 Å². The highest BCUT2D eigenvalue weighted by atomic mass is 35.5. The van der Waals surface area contributed by atoms with E-state index in [0.717, 1.165) is 0 Å². The molecule has 2 rings (SSSR count). The van der Waals surface area contributed by atoms with E-state index >= 15 is 0 Å². The summed E-state index contributed by atoms with van der Waals surface area (Å²) >= 11 is 5.60. The summed E-state index contributed by atoms with van der Waals surface area (Å²) in [5, 5.41) is 9.44. The average molecular weight is 396 g/mol. The summed E-state index contributed by atoms with van der Waals surface area (Å²) in [6.07, 6.45) is -4.55. The number of hydrogen-bond acceptors (Lipinski definition) is 3.